The monoisotopic (exact) mass is 693 g/mol. The van der Waals surface area contributed by atoms with Gasteiger partial charge in [-0.05, 0) is 0 Å². The first-order chi connectivity index (χ1) is 22.4. The minimum absolute atomic E-state index is 0.590. The third-order valence-electron chi connectivity index (χ3n) is 6.25. The minimum Gasteiger partial charge on any atom is -0.463 e. The highest BCUT2D eigenvalue weighted by Gasteiger charge is 2.57. The zero-order chi connectivity index (χ0) is 36.3. The van der Waals surface area contributed by atoms with Crippen LogP contribution in [0.15, 0.2) is 0 Å². The van der Waals surface area contributed by atoms with Crippen molar-refractivity contribution in [3.63, 3.8) is 0 Å². The SMILES string of the molecule is CC(=O)OCC1O[C@@H](NOC(C)=O)C(OC(C)=O)C(OC(C)=O)[C@@H]1O[C@@H]1OC(COC(C)=O)[C@H](OC(C)=O)C(OC(C)=O)C1OC(C)=O. The second-order valence-corrected chi connectivity index (χ2v) is 10.4. The maximum Gasteiger partial charge on any atom is 0.321 e. The summed E-state index contributed by atoms with van der Waals surface area (Å²) in [6.45, 7) is 7.12. The van der Waals surface area contributed by atoms with Crippen LogP contribution in [0, 0.1) is 0 Å². The van der Waals surface area contributed by atoms with Gasteiger partial charge in [-0.2, -0.15) is 0 Å². The van der Waals surface area contributed by atoms with Gasteiger partial charge in [0.1, 0.15) is 31.5 Å². The summed E-state index contributed by atoms with van der Waals surface area (Å²) in [5.41, 5.74) is 2.25. The molecule has 2 saturated heterocycles. The molecule has 2 rings (SSSR count). The molecule has 2 aliphatic heterocycles. The molecule has 20 nitrogen and oxygen atoms in total. The number of ether oxygens (including phenoxy) is 10. The lowest BCUT2D eigenvalue weighted by atomic mass is 9.95. The summed E-state index contributed by atoms with van der Waals surface area (Å²) >= 11 is 0. The van der Waals surface area contributed by atoms with Crippen molar-refractivity contribution >= 4 is 47.8 Å². The van der Waals surface area contributed by atoms with Gasteiger partial charge in [-0.3, -0.25) is 38.4 Å². The van der Waals surface area contributed by atoms with E-state index in [0.29, 0.717) is 0 Å². The Balaban J connectivity index is 2.72. The molecule has 20 heteroatoms. The summed E-state index contributed by atoms with van der Waals surface area (Å²) in [4.78, 5) is 101. The van der Waals surface area contributed by atoms with E-state index in [-0.39, 0.29) is 0 Å². The number of carbonyl (C=O) groups excluding carboxylic acids is 8. The average Bonchev–Trinajstić information content (AvgIpc) is 2.94. The van der Waals surface area contributed by atoms with Crippen LogP contribution in [0.2, 0.25) is 0 Å². The molecule has 10 atom stereocenters. The van der Waals surface area contributed by atoms with Crippen LogP contribution in [-0.4, -0.2) is 122 Å². The Kier molecular flexibility index (Phi) is 15.1. The van der Waals surface area contributed by atoms with Gasteiger partial charge in [-0.25, -0.2) is 0 Å². The highest BCUT2D eigenvalue weighted by atomic mass is 16.8. The third-order valence-corrected chi connectivity index (χ3v) is 6.25. The summed E-state index contributed by atoms with van der Waals surface area (Å²) in [6, 6.07) is 0. The van der Waals surface area contributed by atoms with E-state index in [1.165, 1.54) is 0 Å². The van der Waals surface area contributed by atoms with Gasteiger partial charge < -0.3 is 52.2 Å². The van der Waals surface area contributed by atoms with Crippen molar-refractivity contribution in [3.05, 3.63) is 0 Å². The standard InChI is InChI=1S/C28H39NO19/c1-11(30)38-9-19-22(23(41-14(4)33)25(43-16(6)35)27(45-19)29-48-18(8)37)47-28-26(44-17(7)36)24(42-15(5)34)21(40-13(3)32)20(46-28)10-39-12(2)31/h19-29H,9-10H2,1-8H3/t19?,20?,21-,22+,23?,24?,25?,26?,27+,28-/m0/s1. The zero-order valence-corrected chi connectivity index (χ0v) is 27.4. The number of esters is 7. The van der Waals surface area contributed by atoms with Crippen LogP contribution in [0.5, 0.6) is 0 Å². The van der Waals surface area contributed by atoms with Gasteiger partial charge in [0, 0.05) is 55.4 Å². The van der Waals surface area contributed by atoms with Crippen LogP contribution in [-0.2, 0) is 90.6 Å². The van der Waals surface area contributed by atoms with Crippen LogP contribution in [0.3, 0.4) is 0 Å². The van der Waals surface area contributed by atoms with Gasteiger partial charge in [0.25, 0.3) is 0 Å². The summed E-state index contributed by atoms with van der Waals surface area (Å²) in [5, 5.41) is 0. The first-order valence-electron chi connectivity index (χ1n) is 14.4. The molecule has 270 valence electrons. The van der Waals surface area contributed by atoms with E-state index in [2.05, 4.69) is 5.48 Å². The summed E-state index contributed by atoms with van der Waals surface area (Å²) in [6.07, 6.45) is -16.0. The largest absolute Gasteiger partial charge is 0.463 e. The van der Waals surface area contributed by atoms with Gasteiger partial charge in [0.15, 0.2) is 43.0 Å². The van der Waals surface area contributed by atoms with E-state index in [0.717, 1.165) is 55.4 Å². The molecule has 48 heavy (non-hydrogen) atoms. The molecule has 0 radical (unpaired) electrons. The molecular formula is C28H39NO19. The number of hydrogen-bond donors (Lipinski definition) is 1. The van der Waals surface area contributed by atoms with E-state index in [1.54, 1.807) is 0 Å². The molecule has 0 bridgehead atoms. The molecule has 0 amide bonds. The Morgan fingerprint density at radius 3 is 1.29 bits per heavy atom. The van der Waals surface area contributed by atoms with Crippen molar-refractivity contribution < 1.29 is 90.6 Å². The molecule has 0 saturated carbocycles. The topological polar surface area (TPSA) is 250 Å². The first kappa shape index (κ1) is 39.8. The molecule has 0 spiro atoms. The van der Waals surface area contributed by atoms with Crippen molar-refractivity contribution in [1.29, 1.82) is 0 Å². The van der Waals surface area contributed by atoms with Crippen LogP contribution >= 0.6 is 0 Å². The van der Waals surface area contributed by atoms with Crippen LogP contribution in [0.1, 0.15) is 55.4 Å². The van der Waals surface area contributed by atoms with Gasteiger partial charge in [0.05, 0.1) is 0 Å². The normalized spacial score (nSPS) is 29.7. The quantitative estimate of drug-likeness (QED) is 0.133. The van der Waals surface area contributed by atoms with Crippen LogP contribution in [0.4, 0.5) is 0 Å². The van der Waals surface area contributed by atoms with E-state index in [9.17, 15) is 38.4 Å². The predicted molar refractivity (Wildman–Crippen MR) is 148 cm³/mol. The Bertz CT molecular complexity index is 1220. The zero-order valence-electron chi connectivity index (χ0n) is 27.4. The van der Waals surface area contributed by atoms with Gasteiger partial charge >= 0.3 is 47.8 Å². The van der Waals surface area contributed by atoms with Crippen molar-refractivity contribution in [2.45, 2.75) is 117 Å². The predicted octanol–water partition coefficient (Wildman–Crippen LogP) is -1.33. The van der Waals surface area contributed by atoms with E-state index < -0.39 is 122 Å². The first-order valence-corrected chi connectivity index (χ1v) is 14.4. The molecule has 2 heterocycles. The van der Waals surface area contributed by atoms with E-state index in [1.807, 2.05) is 0 Å². The number of hydroxylamine groups is 1. The van der Waals surface area contributed by atoms with Crippen LogP contribution < -0.4 is 5.48 Å². The maximum absolute atomic E-state index is 12.4. The fraction of sp³-hybridized carbons (Fsp3) is 0.714. The van der Waals surface area contributed by atoms with Crippen molar-refractivity contribution in [2.75, 3.05) is 13.2 Å². The summed E-state index contributed by atoms with van der Waals surface area (Å²) < 4.78 is 55.3. The molecule has 0 aromatic heterocycles. The van der Waals surface area contributed by atoms with Crippen molar-refractivity contribution in [1.82, 2.24) is 5.48 Å². The Hall–Kier alpha value is -4.40. The third kappa shape index (κ3) is 12.3. The smallest absolute Gasteiger partial charge is 0.321 e. The minimum atomic E-state index is -1.83. The molecule has 0 aliphatic carbocycles. The van der Waals surface area contributed by atoms with Crippen molar-refractivity contribution in [2.24, 2.45) is 0 Å². The molecular weight excluding hydrogens is 654 g/mol. The molecule has 2 aliphatic rings. The van der Waals surface area contributed by atoms with Gasteiger partial charge in [-0.1, -0.05) is 0 Å². The molecule has 1 N–H and O–H groups in total. The number of rotatable bonds is 13. The van der Waals surface area contributed by atoms with Crippen LogP contribution in [0.25, 0.3) is 0 Å². The lowest BCUT2D eigenvalue weighted by molar-refractivity contribution is -0.349. The molecule has 2 fully saturated rings. The second kappa shape index (κ2) is 18.2. The Morgan fingerprint density at radius 1 is 0.458 bits per heavy atom. The summed E-state index contributed by atoms with van der Waals surface area (Å²) in [7, 11) is 0. The Morgan fingerprint density at radius 2 is 0.854 bits per heavy atom. The molecule has 0 aromatic rings. The lowest BCUT2D eigenvalue weighted by Crippen LogP contribution is -2.68. The Labute approximate surface area is 274 Å². The number of nitrogens with one attached hydrogen (secondary N) is 1. The number of hydrogen-bond acceptors (Lipinski definition) is 20. The fourth-order valence-corrected chi connectivity index (χ4v) is 4.75. The van der Waals surface area contributed by atoms with Crippen molar-refractivity contribution in [3.8, 4) is 0 Å². The summed E-state index contributed by atoms with van der Waals surface area (Å²) in [5.74, 6) is -6.94. The lowest BCUT2D eigenvalue weighted by Gasteiger charge is -2.48. The molecule has 0 aromatic carbocycles. The maximum atomic E-state index is 12.4. The van der Waals surface area contributed by atoms with E-state index >= 15 is 0 Å². The highest BCUT2D eigenvalue weighted by Crippen LogP contribution is 2.35. The van der Waals surface area contributed by atoms with E-state index in [4.69, 9.17) is 52.2 Å². The number of carbonyl (C=O) groups is 8. The second-order valence-electron chi connectivity index (χ2n) is 10.4. The van der Waals surface area contributed by atoms with Gasteiger partial charge in [0.2, 0.25) is 0 Å². The average molecular weight is 694 g/mol. The highest BCUT2D eigenvalue weighted by molar-refractivity contribution is 5.69. The van der Waals surface area contributed by atoms with Gasteiger partial charge in [-0.15, -0.1) is 5.48 Å². The molecule has 6 unspecified atom stereocenters. The fourth-order valence-electron chi connectivity index (χ4n) is 4.75.